The number of halogens is 1. The van der Waals surface area contributed by atoms with Crippen molar-refractivity contribution in [1.82, 2.24) is 0 Å². The Morgan fingerprint density at radius 2 is 1.58 bits per heavy atom. The van der Waals surface area contributed by atoms with Crippen molar-refractivity contribution in [2.75, 3.05) is 0 Å². The smallest absolute Gasteiger partial charge is 0.321 e. The van der Waals surface area contributed by atoms with Crippen LogP contribution in [0.25, 0.3) is 11.1 Å². The third kappa shape index (κ3) is 6.87. The lowest BCUT2D eigenvalue weighted by molar-refractivity contribution is 0.129. The normalized spacial score (nSPS) is 11.7. The Labute approximate surface area is 167 Å². The van der Waals surface area contributed by atoms with Gasteiger partial charge in [-0.25, -0.2) is 0 Å². The largest absolute Gasteiger partial charge is 0.508 e. The van der Waals surface area contributed by atoms with Gasteiger partial charge in [0.2, 0.25) is 0 Å². The SMILES string of the molecule is CC(C)O[SiH](CCCc1cc(O)ccc1-c1ccc(Br)cc1)OC(C)C. The lowest BCUT2D eigenvalue weighted by Crippen LogP contribution is -2.29. The van der Waals surface area contributed by atoms with Crippen LogP contribution in [0, 0.1) is 0 Å². The summed E-state index contributed by atoms with van der Waals surface area (Å²) < 4.78 is 13.1. The minimum Gasteiger partial charge on any atom is -0.508 e. The van der Waals surface area contributed by atoms with Gasteiger partial charge >= 0.3 is 9.28 Å². The molecule has 0 aliphatic carbocycles. The van der Waals surface area contributed by atoms with Crippen molar-refractivity contribution in [2.24, 2.45) is 0 Å². The molecule has 0 saturated carbocycles. The molecule has 26 heavy (non-hydrogen) atoms. The Bertz CT molecular complexity index is 676. The molecular weight excluding hydrogens is 408 g/mol. The second kappa shape index (κ2) is 10.3. The van der Waals surface area contributed by atoms with E-state index in [-0.39, 0.29) is 12.2 Å². The number of rotatable bonds is 9. The van der Waals surface area contributed by atoms with E-state index in [9.17, 15) is 5.11 Å². The first-order chi connectivity index (χ1) is 12.3. The van der Waals surface area contributed by atoms with E-state index in [2.05, 4.69) is 55.8 Å². The summed E-state index contributed by atoms with van der Waals surface area (Å²) in [4.78, 5) is 0. The van der Waals surface area contributed by atoms with Crippen molar-refractivity contribution in [2.45, 2.75) is 58.8 Å². The van der Waals surface area contributed by atoms with Crippen LogP contribution in [0.4, 0.5) is 0 Å². The standard InChI is InChI=1S/C21H29BrO3Si/c1-15(2)24-26(25-16(3)4)13-5-6-18-14-20(23)11-12-21(18)17-7-9-19(22)10-8-17/h7-12,14-16,23,26H,5-6,13H2,1-4H3. The Morgan fingerprint density at radius 3 is 2.15 bits per heavy atom. The fourth-order valence-corrected chi connectivity index (χ4v) is 5.28. The van der Waals surface area contributed by atoms with Crippen LogP contribution in [0.5, 0.6) is 5.75 Å². The quantitative estimate of drug-likeness (QED) is 0.502. The molecule has 0 aliphatic heterocycles. The number of phenols is 1. The van der Waals surface area contributed by atoms with Gasteiger partial charge in [-0.3, -0.25) is 0 Å². The lowest BCUT2D eigenvalue weighted by Gasteiger charge is -2.21. The van der Waals surface area contributed by atoms with E-state index in [1.807, 2.05) is 24.3 Å². The number of aromatic hydroxyl groups is 1. The van der Waals surface area contributed by atoms with Crippen molar-refractivity contribution in [3.8, 4) is 16.9 Å². The van der Waals surface area contributed by atoms with E-state index in [1.54, 1.807) is 6.07 Å². The number of phenolic OH excluding ortho intramolecular Hbond substituents is 1. The van der Waals surface area contributed by atoms with Gasteiger partial charge in [0, 0.05) is 16.7 Å². The first kappa shape index (κ1) is 21.2. The molecule has 0 fully saturated rings. The molecule has 2 rings (SSSR count). The van der Waals surface area contributed by atoms with Gasteiger partial charge < -0.3 is 14.0 Å². The predicted molar refractivity (Wildman–Crippen MR) is 114 cm³/mol. The highest BCUT2D eigenvalue weighted by molar-refractivity contribution is 9.10. The van der Waals surface area contributed by atoms with Crippen LogP contribution in [0.15, 0.2) is 46.9 Å². The van der Waals surface area contributed by atoms with Gasteiger partial charge in [-0.05, 0) is 87.5 Å². The van der Waals surface area contributed by atoms with Crippen molar-refractivity contribution in [3.63, 3.8) is 0 Å². The van der Waals surface area contributed by atoms with Crippen molar-refractivity contribution < 1.29 is 14.0 Å². The third-order valence-electron chi connectivity index (χ3n) is 3.98. The van der Waals surface area contributed by atoms with Gasteiger partial charge in [-0.2, -0.15) is 0 Å². The molecule has 0 aromatic heterocycles. The Hall–Kier alpha value is -1.14. The number of hydrogen-bond acceptors (Lipinski definition) is 3. The molecule has 0 spiro atoms. The van der Waals surface area contributed by atoms with Crippen molar-refractivity contribution >= 4 is 25.2 Å². The lowest BCUT2D eigenvalue weighted by atomic mass is 9.96. The second-order valence-electron chi connectivity index (χ2n) is 7.04. The summed E-state index contributed by atoms with van der Waals surface area (Å²) in [6.45, 7) is 8.24. The Balaban J connectivity index is 2.08. The van der Waals surface area contributed by atoms with Gasteiger partial charge in [0.1, 0.15) is 5.75 Å². The summed E-state index contributed by atoms with van der Waals surface area (Å²) in [5, 5.41) is 9.93. The Kier molecular flexibility index (Phi) is 8.35. The Morgan fingerprint density at radius 1 is 0.962 bits per heavy atom. The summed E-state index contributed by atoms with van der Waals surface area (Å²) in [6, 6.07) is 14.9. The zero-order valence-corrected chi connectivity index (χ0v) is 18.8. The fraction of sp³-hybridized carbons (Fsp3) is 0.429. The second-order valence-corrected chi connectivity index (χ2v) is 9.94. The monoisotopic (exact) mass is 436 g/mol. The topological polar surface area (TPSA) is 38.7 Å². The summed E-state index contributed by atoms with van der Waals surface area (Å²) in [6.07, 6.45) is 2.28. The highest BCUT2D eigenvalue weighted by atomic mass is 79.9. The first-order valence-electron chi connectivity index (χ1n) is 9.24. The predicted octanol–water partition coefficient (Wildman–Crippen LogP) is 5.82. The average Bonchev–Trinajstić information content (AvgIpc) is 2.55. The van der Waals surface area contributed by atoms with Gasteiger partial charge in [0.15, 0.2) is 0 Å². The maximum absolute atomic E-state index is 9.93. The van der Waals surface area contributed by atoms with Crippen LogP contribution >= 0.6 is 15.9 Å². The number of hydrogen-bond donors (Lipinski definition) is 1. The number of benzene rings is 2. The van der Waals surface area contributed by atoms with Gasteiger partial charge in [-0.1, -0.05) is 34.1 Å². The molecule has 1 N–H and O–H groups in total. The summed E-state index contributed by atoms with van der Waals surface area (Å²) in [7, 11) is -1.67. The minimum atomic E-state index is -1.67. The molecule has 5 heteroatoms. The van der Waals surface area contributed by atoms with E-state index in [1.165, 1.54) is 5.56 Å². The molecule has 0 unspecified atom stereocenters. The highest BCUT2D eigenvalue weighted by Gasteiger charge is 2.17. The molecule has 142 valence electrons. The summed E-state index contributed by atoms with van der Waals surface area (Å²) in [5.41, 5.74) is 3.49. The molecular formula is C21H29BrO3Si. The first-order valence-corrected chi connectivity index (χ1v) is 11.8. The molecule has 2 aromatic rings. The van der Waals surface area contributed by atoms with Crippen LogP contribution in [0.3, 0.4) is 0 Å². The zero-order chi connectivity index (χ0) is 19.1. The maximum atomic E-state index is 9.93. The molecule has 0 atom stereocenters. The maximum Gasteiger partial charge on any atom is 0.321 e. The summed E-state index contributed by atoms with van der Waals surface area (Å²) >= 11 is 3.48. The van der Waals surface area contributed by atoms with Gasteiger partial charge in [0.25, 0.3) is 0 Å². The molecule has 0 bridgehead atoms. The zero-order valence-electron chi connectivity index (χ0n) is 16.0. The minimum absolute atomic E-state index is 0.199. The molecule has 2 aromatic carbocycles. The molecule has 0 saturated heterocycles. The number of aryl methyl sites for hydroxylation is 1. The molecule has 0 aliphatic rings. The average molecular weight is 437 g/mol. The molecule has 0 amide bonds. The van der Waals surface area contributed by atoms with E-state index in [0.717, 1.165) is 34.5 Å². The van der Waals surface area contributed by atoms with Gasteiger partial charge in [-0.15, -0.1) is 0 Å². The fourth-order valence-electron chi connectivity index (χ4n) is 2.93. The van der Waals surface area contributed by atoms with Crippen LogP contribution in [-0.4, -0.2) is 26.6 Å². The van der Waals surface area contributed by atoms with Crippen LogP contribution in [0.1, 0.15) is 39.7 Å². The van der Waals surface area contributed by atoms with E-state index in [4.69, 9.17) is 8.85 Å². The van der Waals surface area contributed by atoms with Crippen LogP contribution in [-0.2, 0) is 15.3 Å². The van der Waals surface area contributed by atoms with E-state index < -0.39 is 9.28 Å². The van der Waals surface area contributed by atoms with Crippen molar-refractivity contribution in [1.29, 1.82) is 0 Å². The van der Waals surface area contributed by atoms with Gasteiger partial charge in [0.05, 0.1) is 0 Å². The highest BCUT2D eigenvalue weighted by Crippen LogP contribution is 2.29. The molecule has 3 nitrogen and oxygen atoms in total. The van der Waals surface area contributed by atoms with Crippen LogP contribution < -0.4 is 0 Å². The molecule has 0 heterocycles. The third-order valence-corrected chi connectivity index (χ3v) is 7.08. The van der Waals surface area contributed by atoms with E-state index in [0.29, 0.717) is 5.75 Å². The summed E-state index contributed by atoms with van der Waals surface area (Å²) in [5.74, 6) is 0.312. The van der Waals surface area contributed by atoms with Crippen molar-refractivity contribution in [3.05, 3.63) is 52.5 Å². The van der Waals surface area contributed by atoms with E-state index >= 15 is 0 Å². The van der Waals surface area contributed by atoms with Crippen LogP contribution in [0.2, 0.25) is 6.04 Å². The molecule has 0 radical (unpaired) electrons.